The molecule has 5 nitrogen and oxygen atoms in total. The summed E-state index contributed by atoms with van der Waals surface area (Å²) in [4.78, 5) is 15.0. The summed E-state index contributed by atoms with van der Waals surface area (Å²) >= 11 is 0. The maximum absolute atomic E-state index is 12.6. The fourth-order valence-corrected chi connectivity index (χ4v) is 4.44. The van der Waals surface area contributed by atoms with Crippen molar-refractivity contribution in [1.29, 1.82) is 0 Å². The van der Waals surface area contributed by atoms with Crippen molar-refractivity contribution in [1.82, 2.24) is 10.2 Å². The maximum Gasteiger partial charge on any atom is 0.239 e. The molecule has 0 aromatic heterocycles. The van der Waals surface area contributed by atoms with E-state index in [1.54, 1.807) is 0 Å². The predicted molar refractivity (Wildman–Crippen MR) is 94.0 cm³/mol. The first kappa shape index (κ1) is 18.2. The van der Waals surface area contributed by atoms with Gasteiger partial charge in [-0.25, -0.2) is 0 Å². The van der Waals surface area contributed by atoms with Gasteiger partial charge in [0.15, 0.2) is 0 Å². The number of amides is 1. The van der Waals surface area contributed by atoms with Gasteiger partial charge < -0.3 is 14.8 Å². The molecule has 1 unspecified atom stereocenters. The van der Waals surface area contributed by atoms with Gasteiger partial charge in [0, 0.05) is 19.1 Å². The molecule has 0 aromatic carbocycles. The molecule has 1 atom stereocenters. The van der Waals surface area contributed by atoms with E-state index in [4.69, 9.17) is 9.47 Å². The Balaban J connectivity index is 1.38. The van der Waals surface area contributed by atoms with Crippen LogP contribution in [0.2, 0.25) is 0 Å². The van der Waals surface area contributed by atoms with Crippen molar-refractivity contribution in [3.05, 3.63) is 0 Å². The lowest BCUT2D eigenvalue weighted by atomic mass is 10.1. The van der Waals surface area contributed by atoms with Crippen LogP contribution in [0.5, 0.6) is 0 Å². The normalized spacial score (nSPS) is 27.9. The third-order valence-corrected chi connectivity index (χ3v) is 5.82. The van der Waals surface area contributed by atoms with Gasteiger partial charge >= 0.3 is 0 Å². The van der Waals surface area contributed by atoms with Crippen molar-refractivity contribution in [3.63, 3.8) is 0 Å². The number of rotatable bonds is 6. The predicted octanol–water partition coefficient (Wildman–Crippen LogP) is 2.49. The minimum Gasteiger partial charge on any atom is -0.378 e. The van der Waals surface area contributed by atoms with Gasteiger partial charge in [0.1, 0.15) is 6.04 Å². The SMILES string of the molecule is O=C(NCCOC1CCCCCC1)C1COCCN1C1CCCC1. The second-order valence-electron chi connectivity index (χ2n) is 7.54. The van der Waals surface area contributed by atoms with Gasteiger partial charge in [-0.15, -0.1) is 0 Å². The zero-order valence-corrected chi connectivity index (χ0v) is 15.0. The van der Waals surface area contributed by atoms with Crippen LogP contribution in [-0.4, -0.2) is 61.9 Å². The minimum atomic E-state index is -0.111. The van der Waals surface area contributed by atoms with Crippen LogP contribution in [0.25, 0.3) is 0 Å². The summed E-state index contributed by atoms with van der Waals surface area (Å²) < 4.78 is 11.5. The Kier molecular flexibility index (Phi) is 7.36. The molecule has 0 bridgehead atoms. The first-order chi connectivity index (χ1) is 11.8. The Morgan fingerprint density at radius 3 is 2.50 bits per heavy atom. The van der Waals surface area contributed by atoms with Crippen molar-refractivity contribution in [2.24, 2.45) is 0 Å². The maximum atomic E-state index is 12.6. The van der Waals surface area contributed by atoms with Gasteiger partial charge in [-0.1, -0.05) is 38.5 Å². The number of nitrogens with zero attached hydrogens (tertiary/aromatic N) is 1. The number of carbonyl (C=O) groups is 1. The Morgan fingerprint density at radius 2 is 1.75 bits per heavy atom. The highest BCUT2D eigenvalue weighted by atomic mass is 16.5. The van der Waals surface area contributed by atoms with Crippen molar-refractivity contribution in [2.75, 3.05) is 32.9 Å². The molecule has 3 aliphatic rings. The summed E-state index contributed by atoms with van der Waals surface area (Å²) in [5.41, 5.74) is 0. The van der Waals surface area contributed by atoms with E-state index in [0.717, 1.165) is 13.2 Å². The van der Waals surface area contributed by atoms with Gasteiger partial charge in [-0.2, -0.15) is 0 Å². The van der Waals surface area contributed by atoms with Crippen LogP contribution in [0.3, 0.4) is 0 Å². The van der Waals surface area contributed by atoms with Crippen molar-refractivity contribution in [3.8, 4) is 0 Å². The molecule has 5 heteroatoms. The van der Waals surface area contributed by atoms with Crippen molar-refractivity contribution in [2.45, 2.75) is 82.4 Å². The molecule has 3 rings (SSSR count). The topological polar surface area (TPSA) is 50.8 Å². The number of morpholine rings is 1. The second-order valence-corrected chi connectivity index (χ2v) is 7.54. The second kappa shape index (κ2) is 9.73. The monoisotopic (exact) mass is 338 g/mol. The van der Waals surface area contributed by atoms with Crippen LogP contribution < -0.4 is 5.32 Å². The summed E-state index contributed by atoms with van der Waals surface area (Å²) in [5.74, 6) is 0.117. The Labute approximate surface area is 146 Å². The highest BCUT2D eigenvalue weighted by Gasteiger charge is 2.35. The molecule has 138 valence electrons. The van der Waals surface area contributed by atoms with Gasteiger partial charge in [0.25, 0.3) is 0 Å². The van der Waals surface area contributed by atoms with E-state index in [0.29, 0.717) is 31.9 Å². The van der Waals surface area contributed by atoms with Crippen LogP contribution in [0, 0.1) is 0 Å². The summed E-state index contributed by atoms with van der Waals surface area (Å²) in [6.45, 7) is 3.43. The largest absolute Gasteiger partial charge is 0.378 e. The van der Waals surface area contributed by atoms with E-state index in [1.165, 1.54) is 64.2 Å². The number of hydrogen-bond donors (Lipinski definition) is 1. The fraction of sp³-hybridized carbons (Fsp3) is 0.947. The van der Waals surface area contributed by atoms with Crippen molar-refractivity contribution >= 4 is 5.91 Å². The number of ether oxygens (including phenoxy) is 2. The Hall–Kier alpha value is -0.650. The third-order valence-electron chi connectivity index (χ3n) is 5.82. The van der Waals surface area contributed by atoms with Crippen LogP contribution in [0.15, 0.2) is 0 Å². The molecule has 1 amide bonds. The first-order valence-electron chi connectivity index (χ1n) is 10.1. The summed E-state index contributed by atoms with van der Waals surface area (Å²) in [6, 6.07) is 0.464. The molecule has 1 saturated heterocycles. The Bertz CT molecular complexity index is 377. The van der Waals surface area contributed by atoms with Gasteiger partial charge in [-0.3, -0.25) is 9.69 Å². The zero-order valence-electron chi connectivity index (χ0n) is 15.0. The summed E-state index contributed by atoms with van der Waals surface area (Å²) in [6.07, 6.45) is 13.1. The van der Waals surface area contributed by atoms with Crippen molar-refractivity contribution < 1.29 is 14.3 Å². The molecular weight excluding hydrogens is 304 g/mol. The number of carbonyl (C=O) groups excluding carboxylic acids is 1. The Morgan fingerprint density at radius 1 is 1.04 bits per heavy atom. The third kappa shape index (κ3) is 5.17. The van der Waals surface area contributed by atoms with Gasteiger partial charge in [0.2, 0.25) is 5.91 Å². The van der Waals surface area contributed by atoms with Crippen LogP contribution >= 0.6 is 0 Å². The zero-order chi connectivity index (χ0) is 16.6. The quantitative estimate of drug-likeness (QED) is 0.597. The first-order valence-corrected chi connectivity index (χ1v) is 10.1. The molecule has 2 saturated carbocycles. The van der Waals surface area contributed by atoms with E-state index in [1.807, 2.05) is 0 Å². The number of nitrogens with one attached hydrogen (secondary N) is 1. The number of hydrogen-bond acceptors (Lipinski definition) is 4. The molecule has 3 fully saturated rings. The van der Waals surface area contributed by atoms with E-state index >= 15 is 0 Å². The molecule has 1 N–H and O–H groups in total. The highest BCUT2D eigenvalue weighted by Crippen LogP contribution is 2.26. The lowest BCUT2D eigenvalue weighted by molar-refractivity contribution is -0.134. The van der Waals surface area contributed by atoms with E-state index < -0.39 is 0 Å². The molecule has 0 aromatic rings. The smallest absolute Gasteiger partial charge is 0.239 e. The van der Waals surface area contributed by atoms with Crippen LogP contribution in [0.1, 0.15) is 64.2 Å². The highest BCUT2D eigenvalue weighted by molar-refractivity contribution is 5.82. The van der Waals surface area contributed by atoms with Gasteiger partial charge in [0.05, 0.1) is 25.9 Å². The van der Waals surface area contributed by atoms with Crippen LogP contribution in [0.4, 0.5) is 0 Å². The molecule has 1 aliphatic heterocycles. The molecule has 1 heterocycles. The minimum absolute atomic E-state index is 0.111. The lowest BCUT2D eigenvalue weighted by Gasteiger charge is -2.38. The van der Waals surface area contributed by atoms with E-state index in [2.05, 4.69) is 10.2 Å². The summed E-state index contributed by atoms with van der Waals surface area (Å²) in [7, 11) is 0. The average Bonchev–Trinajstić information content (AvgIpc) is 3.03. The standard InChI is InChI=1S/C19H34N2O3/c22-19(20-11-13-24-17-9-3-1-2-4-10-17)18-15-23-14-12-21(18)16-7-5-6-8-16/h16-18H,1-15H2,(H,20,22). The van der Waals surface area contributed by atoms with E-state index in [9.17, 15) is 4.79 Å². The molecule has 0 radical (unpaired) electrons. The fourth-order valence-electron chi connectivity index (χ4n) is 4.44. The lowest BCUT2D eigenvalue weighted by Crippen LogP contribution is -2.57. The summed E-state index contributed by atoms with van der Waals surface area (Å²) in [5, 5.41) is 3.08. The molecule has 2 aliphatic carbocycles. The van der Waals surface area contributed by atoms with Crippen LogP contribution in [-0.2, 0) is 14.3 Å². The molecule has 0 spiro atoms. The van der Waals surface area contributed by atoms with Gasteiger partial charge in [-0.05, 0) is 25.7 Å². The molecular formula is C19H34N2O3. The molecule has 24 heavy (non-hydrogen) atoms. The van der Waals surface area contributed by atoms with E-state index in [-0.39, 0.29) is 11.9 Å². The average molecular weight is 338 g/mol.